The molecule has 0 amide bonds. The van der Waals surface area contributed by atoms with Gasteiger partial charge in [0.05, 0.1) is 17.6 Å². The lowest BCUT2D eigenvalue weighted by Crippen LogP contribution is -2.30. The highest BCUT2D eigenvalue weighted by molar-refractivity contribution is 7.89. The molecular formula is C21H25NO6S. The minimum atomic E-state index is -3.70. The normalized spacial score (nSPS) is 12.4. The molecule has 1 atom stereocenters. The molecule has 7 nitrogen and oxygen atoms in total. The number of methoxy groups -OCH3 is 1. The summed E-state index contributed by atoms with van der Waals surface area (Å²) in [5.41, 5.74) is 0.441. The Hall–Kier alpha value is -2.71. The van der Waals surface area contributed by atoms with E-state index in [4.69, 9.17) is 9.47 Å². The number of nitrogens with zero attached hydrogens (tertiary/aromatic N) is 1. The molecule has 0 bridgehead atoms. The molecule has 0 aromatic heterocycles. The monoisotopic (exact) mass is 419 g/mol. The lowest BCUT2D eigenvalue weighted by atomic mass is 10.1. The summed E-state index contributed by atoms with van der Waals surface area (Å²) in [5, 5.41) is 0. The fraction of sp³-hybridized carbons (Fsp3) is 0.333. The first-order chi connectivity index (χ1) is 13.7. The molecule has 0 spiro atoms. The van der Waals surface area contributed by atoms with Gasteiger partial charge in [0.1, 0.15) is 5.75 Å². The Morgan fingerprint density at radius 3 is 2.17 bits per heavy atom. The van der Waals surface area contributed by atoms with Crippen molar-refractivity contribution in [3.63, 3.8) is 0 Å². The van der Waals surface area contributed by atoms with Crippen molar-refractivity contribution >= 4 is 21.8 Å². The zero-order valence-electron chi connectivity index (χ0n) is 16.9. The predicted octanol–water partition coefficient (Wildman–Crippen LogP) is 3.15. The molecular weight excluding hydrogens is 394 g/mol. The summed E-state index contributed by atoms with van der Waals surface area (Å²) in [5.74, 6) is -0.527. The molecule has 156 valence electrons. The van der Waals surface area contributed by atoms with Gasteiger partial charge in [-0.05, 0) is 49.4 Å². The fourth-order valence-corrected chi connectivity index (χ4v) is 4.27. The summed E-state index contributed by atoms with van der Waals surface area (Å²) in [7, 11) is -2.18. The van der Waals surface area contributed by atoms with Crippen LogP contribution < -0.4 is 4.74 Å². The van der Waals surface area contributed by atoms with Gasteiger partial charge in [0.25, 0.3) is 0 Å². The molecule has 2 aromatic carbocycles. The smallest absolute Gasteiger partial charge is 0.338 e. The number of Topliss-reactive ketones (excluding diaryl/α,β-unsaturated/α-hetero) is 1. The van der Waals surface area contributed by atoms with Crippen molar-refractivity contribution in [3.8, 4) is 5.75 Å². The zero-order valence-corrected chi connectivity index (χ0v) is 17.7. The molecule has 0 fully saturated rings. The molecule has 0 N–H and O–H groups in total. The third kappa shape index (κ3) is 5.21. The van der Waals surface area contributed by atoms with Crippen molar-refractivity contribution in [2.45, 2.75) is 31.8 Å². The third-order valence-electron chi connectivity index (χ3n) is 4.44. The van der Waals surface area contributed by atoms with Crippen LogP contribution in [0.15, 0.2) is 53.4 Å². The maximum atomic E-state index is 12.6. The molecule has 29 heavy (non-hydrogen) atoms. The van der Waals surface area contributed by atoms with Gasteiger partial charge in [0.2, 0.25) is 15.8 Å². The summed E-state index contributed by atoms with van der Waals surface area (Å²) in [6.07, 6.45) is -1.03. The molecule has 0 saturated heterocycles. The molecule has 0 unspecified atom stereocenters. The van der Waals surface area contributed by atoms with Crippen molar-refractivity contribution in [2.75, 3.05) is 20.2 Å². The van der Waals surface area contributed by atoms with E-state index in [1.165, 1.54) is 42.6 Å². The van der Waals surface area contributed by atoms with Crippen LogP contribution >= 0.6 is 0 Å². The van der Waals surface area contributed by atoms with Gasteiger partial charge in [0, 0.05) is 18.7 Å². The third-order valence-corrected chi connectivity index (χ3v) is 6.49. The van der Waals surface area contributed by atoms with Crippen molar-refractivity contribution in [1.29, 1.82) is 0 Å². The molecule has 0 saturated carbocycles. The summed E-state index contributed by atoms with van der Waals surface area (Å²) < 4.78 is 36.9. The van der Waals surface area contributed by atoms with Crippen LogP contribution in [0.25, 0.3) is 0 Å². The highest BCUT2D eigenvalue weighted by Crippen LogP contribution is 2.19. The summed E-state index contributed by atoms with van der Waals surface area (Å²) in [6.45, 7) is 5.60. The van der Waals surface area contributed by atoms with E-state index in [0.717, 1.165) is 0 Å². The van der Waals surface area contributed by atoms with E-state index in [1.807, 2.05) is 0 Å². The van der Waals surface area contributed by atoms with Gasteiger partial charge in [-0.3, -0.25) is 4.79 Å². The maximum Gasteiger partial charge on any atom is 0.338 e. The van der Waals surface area contributed by atoms with Crippen LogP contribution in [-0.4, -0.2) is 50.8 Å². The van der Waals surface area contributed by atoms with Crippen LogP contribution in [0.4, 0.5) is 0 Å². The second kappa shape index (κ2) is 9.67. The number of benzene rings is 2. The summed E-state index contributed by atoms with van der Waals surface area (Å²) in [6, 6.07) is 12.1. The Kier molecular flexibility index (Phi) is 7.53. The van der Waals surface area contributed by atoms with Crippen LogP contribution in [0.2, 0.25) is 0 Å². The van der Waals surface area contributed by atoms with Crippen LogP contribution in [0.3, 0.4) is 0 Å². The van der Waals surface area contributed by atoms with E-state index in [1.54, 1.807) is 38.1 Å². The van der Waals surface area contributed by atoms with E-state index in [-0.39, 0.29) is 16.2 Å². The Morgan fingerprint density at radius 1 is 1.00 bits per heavy atom. The molecule has 0 aliphatic heterocycles. The Balaban J connectivity index is 2.17. The molecule has 8 heteroatoms. The number of ether oxygens (including phenoxy) is 2. The first-order valence-electron chi connectivity index (χ1n) is 9.24. The van der Waals surface area contributed by atoms with E-state index < -0.39 is 22.1 Å². The highest BCUT2D eigenvalue weighted by atomic mass is 32.2. The van der Waals surface area contributed by atoms with E-state index >= 15 is 0 Å². The first kappa shape index (κ1) is 22.6. The summed E-state index contributed by atoms with van der Waals surface area (Å²) >= 11 is 0. The number of carbonyl (C=O) groups is 2. The number of carbonyl (C=O) groups excluding carboxylic acids is 2. The quantitative estimate of drug-likeness (QED) is 0.458. The Morgan fingerprint density at radius 2 is 1.62 bits per heavy atom. The average Bonchev–Trinajstić information content (AvgIpc) is 2.74. The minimum absolute atomic E-state index is 0.00443. The maximum absolute atomic E-state index is 12.6. The lowest BCUT2D eigenvalue weighted by molar-refractivity contribution is 0.0318. The number of hydrogen-bond donors (Lipinski definition) is 0. The van der Waals surface area contributed by atoms with Crippen LogP contribution in [0.1, 0.15) is 41.5 Å². The van der Waals surface area contributed by atoms with Gasteiger partial charge >= 0.3 is 5.97 Å². The first-order valence-corrected chi connectivity index (χ1v) is 10.7. The second-order valence-corrected chi connectivity index (χ2v) is 8.20. The van der Waals surface area contributed by atoms with Crippen molar-refractivity contribution < 1.29 is 27.5 Å². The van der Waals surface area contributed by atoms with Gasteiger partial charge in [-0.15, -0.1) is 0 Å². The molecule has 0 aliphatic rings. The number of ketones is 1. The average molecular weight is 419 g/mol. The van der Waals surface area contributed by atoms with Crippen molar-refractivity contribution in [1.82, 2.24) is 4.31 Å². The van der Waals surface area contributed by atoms with Gasteiger partial charge in [-0.2, -0.15) is 4.31 Å². The van der Waals surface area contributed by atoms with Crippen LogP contribution in [-0.2, 0) is 14.8 Å². The van der Waals surface area contributed by atoms with Crippen LogP contribution in [0, 0.1) is 0 Å². The molecule has 2 aromatic rings. The number of esters is 1. The van der Waals surface area contributed by atoms with Gasteiger partial charge in [-0.25, -0.2) is 13.2 Å². The van der Waals surface area contributed by atoms with Gasteiger partial charge in [0.15, 0.2) is 6.10 Å². The van der Waals surface area contributed by atoms with Crippen molar-refractivity contribution in [3.05, 3.63) is 59.7 Å². The fourth-order valence-electron chi connectivity index (χ4n) is 2.77. The number of sulfonamides is 1. The van der Waals surface area contributed by atoms with Crippen molar-refractivity contribution in [2.24, 2.45) is 0 Å². The number of rotatable bonds is 9. The number of hydrogen-bond acceptors (Lipinski definition) is 6. The van der Waals surface area contributed by atoms with E-state index in [2.05, 4.69) is 0 Å². The minimum Gasteiger partial charge on any atom is -0.497 e. The second-order valence-electron chi connectivity index (χ2n) is 6.26. The molecule has 0 heterocycles. The molecule has 2 rings (SSSR count). The Labute approximate surface area is 171 Å². The van der Waals surface area contributed by atoms with E-state index in [9.17, 15) is 18.0 Å². The SMILES string of the molecule is CCN(CC)S(=O)(=O)c1cccc(C(=O)O[C@H](C)C(=O)c2ccc(OC)cc2)c1. The predicted molar refractivity (Wildman–Crippen MR) is 109 cm³/mol. The Bertz CT molecular complexity index is 965. The lowest BCUT2D eigenvalue weighted by Gasteiger charge is -2.19. The standard InChI is InChI=1S/C21H25NO6S/c1-5-22(6-2)29(25,26)19-9-7-8-17(14-19)21(24)28-15(3)20(23)16-10-12-18(27-4)13-11-16/h7-15H,5-6H2,1-4H3/t15-/m1/s1. The molecule has 0 radical (unpaired) electrons. The van der Waals surface area contributed by atoms with Gasteiger partial charge in [-0.1, -0.05) is 19.9 Å². The molecule has 0 aliphatic carbocycles. The topological polar surface area (TPSA) is 90.0 Å². The summed E-state index contributed by atoms with van der Waals surface area (Å²) in [4.78, 5) is 25.0. The van der Waals surface area contributed by atoms with Gasteiger partial charge < -0.3 is 9.47 Å². The highest BCUT2D eigenvalue weighted by Gasteiger charge is 2.24. The zero-order chi connectivity index (χ0) is 21.6. The van der Waals surface area contributed by atoms with Crippen LogP contribution in [0.5, 0.6) is 5.75 Å². The van der Waals surface area contributed by atoms with E-state index in [0.29, 0.717) is 24.4 Å². The largest absolute Gasteiger partial charge is 0.497 e.